The fourth-order valence-electron chi connectivity index (χ4n) is 1.76. The zero-order chi connectivity index (χ0) is 16.2. The summed E-state index contributed by atoms with van der Waals surface area (Å²) in [5, 5.41) is 9.33. The first-order valence-electron chi connectivity index (χ1n) is 7.12. The highest BCUT2D eigenvalue weighted by Crippen LogP contribution is 2.42. The Labute approximate surface area is 125 Å². The van der Waals surface area contributed by atoms with E-state index in [4.69, 9.17) is 14.2 Å². The quantitative estimate of drug-likeness (QED) is 0.830. The first-order valence-corrected chi connectivity index (χ1v) is 7.12. The Hall–Kier alpha value is -1.91. The van der Waals surface area contributed by atoms with Gasteiger partial charge in [-0.15, -0.1) is 0 Å². The molecule has 0 aliphatic carbocycles. The second kappa shape index (κ2) is 7.20. The number of ether oxygens (including phenoxy) is 3. The first-order chi connectivity index (χ1) is 9.72. The van der Waals surface area contributed by atoms with Gasteiger partial charge < -0.3 is 19.3 Å². The van der Waals surface area contributed by atoms with Gasteiger partial charge in [0.25, 0.3) is 0 Å². The molecule has 0 radical (unpaired) electrons. The van der Waals surface area contributed by atoms with Crippen LogP contribution in [0.1, 0.15) is 51.9 Å². The normalized spacial score (nSPS) is 11.1. The Morgan fingerprint density at radius 1 is 0.857 bits per heavy atom. The number of benzene rings is 1. The Morgan fingerprint density at radius 2 is 1.33 bits per heavy atom. The van der Waals surface area contributed by atoms with Crippen molar-refractivity contribution in [1.29, 1.82) is 0 Å². The van der Waals surface area contributed by atoms with E-state index in [0.29, 0.717) is 11.5 Å². The largest absolute Gasteiger partial charge is 0.487 e. The maximum Gasteiger partial charge on any atom is 0.339 e. The summed E-state index contributed by atoms with van der Waals surface area (Å²) in [6, 6.07) is 3.08. The fourth-order valence-corrected chi connectivity index (χ4v) is 1.76. The average Bonchev–Trinajstić information content (AvgIpc) is 2.31. The van der Waals surface area contributed by atoms with E-state index in [-0.39, 0.29) is 29.6 Å². The van der Waals surface area contributed by atoms with E-state index in [2.05, 4.69) is 0 Å². The third-order valence-electron chi connectivity index (χ3n) is 2.38. The van der Waals surface area contributed by atoms with Gasteiger partial charge in [0.15, 0.2) is 11.5 Å². The molecule has 0 fully saturated rings. The molecule has 1 rings (SSSR count). The number of hydrogen-bond donors (Lipinski definition) is 1. The van der Waals surface area contributed by atoms with E-state index >= 15 is 0 Å². The maximum absolute atomic E-state index is 11.4. The number of hydrogen-bond acceptors (Lipinski definition) is 4. The molecule has 0 aliphatic rings. The second-order valence-corrected chi connectivity index (χ2v) is 5.57. The molecule has 0 saturated heterocycles. The van der Waals surface area contributed by atoms with Gasteiger partial charge in [-0.1, -0.05) is 0 Å². The van der Waals surface area contributed by atoms with Crippen molar-refractivity contribution in [3.05, 3.63) is 17.7 Å². The van der Waals surface area contributed by atoms with Crippen LogP contribution in [0.2, 0.25) is 0 Å². The summed E-state index contributed by atoms with van der Waals surface area (Å²) in [5.74, 6) is -0.0219. The summed E-state index contributed by atoms with van der Waals surface area (Å²) in [6.45, 7) is 11.2. The van der Waals surface area contributed by atoms with Crippen molar-refractivity contribution in [2.75, 3.05) is 0 Å². The number of aromatic carboxylic acids is 1. The third kappa shape index (κ3) is 4.85. The highest BCUT2D eigenvalue weighted by Gasteiger charge is 2.23. The lowest BCUT2D eigenvalue weighted by atomic mass is 10.1. The highest BCUT2D eigenvalue weighted by atomic mass is 16.6. The van der Waals surface area contributed by atoms with E-state index in [1.807, 2.05) is 41.5 Å². The molecule has 0 saturated carbocycles. The van der Waals surface area contributed by atoms with Crippen LogP contribution < -0.4 is 14.2 Å². The lowest BCUT2D eigenvalue weighted by molar-refractivity contribution is 0.0688. The van der Waals surface area contributed by atoms with Crippen molar-refractivity contribution in [3.63, 3.8) is 0 Å². The standard InChI is InChI=1S/C16H24O5/c1-9(2)19-13-8-7-12(16(17)18)14(20-10(3)4)15(13)21-11(5)6/h7-11H,1-6H3,(H,17,18). The zero-order valence-corrected chi connectivity index (χ0v) is 13.5. The van der Waals surface area contributed by atoms with Crippen molar-refractivity contribution < 1.29 is 24.1 Å². The van der Waals surface area contributed by atoms with Crippen LogP contribution in [0.25, 0.3) is 0 Å². The van der Waals surface area contributed by atoms with Gasteiger partial charge in [-0.05, 0) is 53.7 Å². The average molecular weight is 296 g/mol. The van der Waals surface area contributed by atoms with E-state index in [0.717, 1.165) is 0 Å². The van der Waals surface area contributed by atoms with Crippen LogP contribution in [0.15, 0.2) is 12.1 Å². The number of carboxylic acid groups (broad SMARTS) is 1. The predicted molar refractivity (Wildman–Crippen MR) is 80.7 cm³/mol. The van der Waals surface area contributed by atoms with Crippen molar-refractivity contribution >= 4 is 5.97 Å². The summed E-state index contributed by atoms with van der Waals surface area (Å²) >= 11 is 0. The Kier molecular flexibility index (Phi) is 5.88. The fraction of sp³-hybridized carbons (Fsp3) is 0.562. The van der Waals surface area contributed by atoms with Gasteiger partial charge >= 0.3 is 5.97 Å². The van der Waals surface area contributed by atoms with Gasteiger partial charge in [-0.2, -0.15) is 0 Å². The molecule has 0 atom stereocenters. The zero-order valence-electron chi connectivity index (χ0n) is 13.5. The van der Waals surface area contributed by atoms with Gasteiger partial charge in [-0.3, -0.25) is 0 Å². The monoisotopic (exact) mass is 296 g/mol. The van der Waals surface area contributed by atoms with E-state index < -0.39 is 5.97 Å². The number of carbonyl (C=O) groups is 1. The summed E-state index contributed by atoms with van der Waals surface area (Å²) in [6.07, 6.45) is -0.355. The van der Waals surface area contributed by atoms with Gasteiger partial charge in [-0.25, -0.2) is 4.79 Å². The SMILES string of the molecule is CC(C)Oc1ccc(C(=O)O)c(OC(C)C)c1OC(C)C. The Bertz CT molecular complexity index is 492. The predicted octanol–water partition coefficient (Wildman–Crippen LogP) is 3.75. The number of rotatable bonds is 7. The molecule has 21 heavy (non-hydrogen) atoms. The number of carboxylic acids is 1. The molecule has 0 aromatic heterocycles. The molecule has 0 aliphatic heterocycles. The maximum atomic E-state index is 11.4. The molecule has 1 aromatic rings. The molecular weight excluding hydrogens is 272 g/mol. The van der Waals surface area contributed by atoms with Gasteiger partial charge in [0.1, 0.15) is 5.56 Å². The van der Waals surface area contributed by atoms with Crippen LogP contribution in [0.3, 0.4) is 0 Å². The molecule has 0 unspecified atom stereocenters. The lowest BCUT2D eigenvalue weighted by Crippen LogP contribution is -2.16. The van der Waals surface area contributed by atoms with Gasteiger partial charge in [0.2, 0.25) is 5.75 Å². The minimum Gasteiger partial charge on any atom is -0.487 e. The second-order valence-electron chi connectivity index (χ2n) is 5.57. The molecular formula is C16H24O5. The molecule has 0 heterocycles. The molecule has 118 valence electrons. The minimum absolute atomic E-state index is 0.0536. The summed E-state index contributed by atoms with van der Waals surface area (Å²) in [5.41, 5.74) is 0.0652. The smallest absolute Gasteiger partial charge is 0.339 e. The van der Waals surface area contributed by atoms with Crippen LogP contribution >= 0.6 is 0 Å². The van der Waals surface area contributed by atoms with Crippen LogP contribution in [0.5, 0.6) is 17.2 Å². The molecule has 0 amide bonds. The van der Waals surface area contributed by atoms with E-state index in [1.54, 1.807) is 6.07 Å². The summed E-state index contributed by atoms with van der Waals surface area (Å²) in [4.78, 5) is 11.4. The molecule has 5 heteroatoms. The summed E-state index contributed by atoms with van der Waals surface area (Å²) in [7, 11) is 0. The first kappa shape index (κ1) is 17.1. The van der Waals surface area contributed by atoms with Crippen molar-refractivity contribution in [2.24, 2.45) is 0 Å². The third-order valence-corrected chi connectivity index (χ3v) is 2.38. The molecule has 5 nitrogen and oxygen atoms in total. The van der Waals surface area contributed by atoms with Crippen molar-refractivity contribution in [3.8, 4) is 17.2 Å². The van der Waals surface area contributed by atoms with Crippen LogP contribution in [-0.4, -0.2) is 29.4 Å². The summed E-state index contributed by atoms with van der Waals surface area (Å²) < 4.78 is 17.1. The van der Waals surface area contributed by atoms with Gasteiger partial charge in [0, 0.05) is 0 Å². The van der Waals surface area contributed by atoms with Crippen LogP contribution in [-0.2, 0) is 0 Å². The van der Waals surface area contributed by atoms with Crippen molar-refractivity contribution in [2.45, 2.75) is 59.9 Å². The molecule has 0 bridgehead atoms. The van der Waals surface area contributed by atoms with Crippen LogP contribution in [0, 0.1) is 0 Å². The molecule has 1 aromatic carbocycles. The van der Waals surface area contributed by atoms with E-state index in [1.165, 1.54) is 6.07 Å². The lowest BCUT2D eigenvalue weighted by Gasteiger charge is -2.22. The molecule has 0 spiro atoms. The van der Waals surface area contributed by atoms with Crippen LogP contribution in [0.4, 0.5) is 0 Å². The van der Waals surface area contributed by atoms with Crippen molar-refractivity contribution in [1.82, 2.24) is 0 Å². The topological polar surface area (TPSA) is 65.0 Å². The Balaban J connectivity index is 3.43. The van der Waals surface area contributed by atoms with E-state index in [9.17, 15) is 9.90 Å². The van der Waals surface area contributed by atoms with Gasteiger partial charge in [0.05, 0.1) is 18.3 Å². The highest BCUT2D eigenvalue weighted by molar-refractivity contribution is 5.92. The Morgan fingerprint density at radius 3 is 1.76 bits per heavy atom. The minimum atomic E-state index is -1.06. The molecule has 1 N–H and O–H groups in total.